The summed E-state index contributed by atoms with van der Waals surface area (Å²) in [5.41, 5.74) is 0. The van der Waals surface area contributed by atoms with Gasteiger partial charge in [0.1, 0.15) is 17.5 Å². The van der Waals surface area contributed by atoms with Crippen molar-refractivity contribution in [3.8, 4) is 5.75 Å². The molecule has 0 N–H and O–H groups in total. The molecule has 0 amide bonds. The summed E-state index contributed by atoms with van der Waals surface area (Å²) in [4.78, 5) is 26.9. The predicted octanol–water partition coefficient (Wildman–Crippen LogP) is 2.69. The minimum atomic E-state index is -0.671. The molecule has 0 saturated carbocycles. The van der Waals surface area contributed by atoms with Gasteiger partial charge in [0.25, 0.3) is 0 Å². The molecule has 2 fully saturated rings. The van der Waals surface area contributed by atoms with Gasteiger partial charge in [0, 0.05) is 19.0 Å². The van der Waals surface area contributed by atoms with Gasteiger partial charge in [0.15, 0.2) is 0 Å². The lowest BCUT2D eigenvalue weighted by Gasteiger charge is -2.42. The summed E-state index contributed by atoms with van der Waals surface area (Å²) in [6.45, 7) is 1.73. The number of hydrogen-bond acceptors (Lipinski definition) is 4. The number of esters is 1. The van der Waals surface area contributed by atoms with Gasteiger partial charge in [-0.1, -0.05) is 30.2 Å². The van der Waals surface area contributed by atoms with Crippen LogP contribution in [0.25, 0.3) is 0 Å². The molecule has 2 heterocycles. The van der Waals surface area contributed by atoms with Crippen LogP contribution in [0.15, 0.2) is 24.3 Å². The van der Waals surface area contributed by atoms with Crippen molar-refractivity contribution >= 4 is 23.4 Å². The molecule has 0 aliphatic carbocycles. The summed E-state index contributed by atoms with van der Waals surface area (Å²) >= 11 is 6.01. The van der Waals surface area contributed by atoms with Gasteiger partial charge in [-0.15, -0.1) is 0 Å². The van der Waals surface area contributed by atoms with E-state index in [4.69, 9.17) is 16.3 Å². The zero-order valence-corrected chi connectivity index (χ0v) is 12.5. The second kappa shape index (κ2) is 6.16. The van der Waals surface area contributed by atoms with Gasteiger partial charge in [0.05, 0.1) is 5.02 Å². The molecule has 1 aromatic carbocycles. The number of hydrogen-bond donors (Lipinski definition) is 0. The predicted molar refractivity (Wildman–Crippen MR) is 79.4 cm³/mol. The Morgan fingerprint density at radius 2 is 2.05 bits per heavy atom. The van der Waals surface area contributed by atoms with Crippen molar-refractivity contribution in [2.45, 2.75) is 31.7 Å². The van der Waals surface area contributed by atoms with Crippen LogP contribution in [-0.4, -0.2) is 35.8 Å². The highest BCUT2D eigenvalue weighted by Crippen LogP contribution is 2.31. The molecule has 2 saturated heterocycles. The molecule has 2 unspecified atom stereocenters. The number of Topliss-reactive ketones (excluding diaryl/α,β-unsaturated/α-hetero) is 1. The van der Waals surface area contributed by atoms with Crippen LogP contribution >= 0.6 is 11.6 Å². The molecule has 2 aliphatic rings. The fourth-order valence-corrected chi connectivity index (χ4v) is 3.46. The lowest BCUT2D eigenvalue weighted by Crippen LogP contribution is -2.55. The number of benzene rings is 1. The van der Waals surface area contributed by atoms with E-state index in [0.29, 0.717) is 17.2 Å². The van der Waals surface area contributed by atoms with Crippen LogP contribution in [0.4, 0.5) is 0 Å². The lowest BCUT2D eigenvalue weighted by molar-refractivity contribution is -0.150. The molecule has 0 bridgehead atoms. The summed E-state index contributed by atoms with van der Waals surface area (Å²) in [7, 11) is 0. The molecular weight excluding hydrogens is 290 g/mol. The third-order valence-electron chi connectivity index (χ3n) is 4.34. The Labute approximate surface area is 129 Å². The average molecular weight is 308 g/mol. The third-order valence-corrected chi connectivity index (χ3v) is 4.65. The Morgan fingerprint density at radius 1 is 1.24 bits per heavy atom. The van der Waals surface area contributed by atoms with E-state index < -0.39 is 11.9 Å². The zero-order valence-electron chi connectivity index (χ0n) is 11.8. The summed E-state index contributed by atoms with van der Waals surface area (Å²) in [6.07, 6.45) is 3.51. The minimum absolute atomic E-state index is 0.00444. The van der Waals surface area contributed by atoms with Gasteiger partial charge in [-0.2, -0.15) is 0 Å². The molecular formula is C16H18ClNO3. The van der Waals surface area contributed by atoms with Crippen LogP contribution in [0.1, 0.15) is 25.7 Å². The number of halogens is 1. The number of carbonyl (C=O) groups excluding carboxylic acids is 2. The maximum absolute atomic E-state index is 12.5. The Bertz CT molecular complexity index is 560. The molecule has 21 heavy (non-hydrogen) atoms. The Kier molecular flexibility index (Phi) is 4.27. The number of para-hydroxylation sites is 1. The van der Waals surface area contributed by atoms with Crippen LogP contribution in [-0.2, 0) is 9.59 Å². The van der Waals surface area contributed by atoms with Crippen molar-refractivity contribution in [1.82, 2.24) is 4.90 Å². The summed E-state index contributed by atoms with van der Waals surface area (Å²) in [6, 6.07) is 6.83. The first kappa shape index (κ1) is 14.5. The largest absolute Gasteiger partial charge is 0.424 e. The highest BCUT2D eigenvalue weighted by Gasteiger charge is 2.43. The fraction of sp³-hybridized carbons (Fsp3) is 0.500. The number of fused-ring (bicyclic) bond motifs is 1. The summed E-state index contributed by atoms with van der Waals surface area (Å²) in [5, 5.41) is 0.384. The highest BCUT2D eigenvalue weighted by atomic mass is 35.5. The van der Waals surface area contributed by atoms with Crippen molar-refractivity contribution in [1.29, 1.82) is 0 Å². The van der Waals surface area contributed by atoms with Crippen LogP contribution in [0, 0.1) is 5.92 Å². The lowest BCUT2D eigenvalue weighted by atomic mass is 9.82. The topological polar surface area (TPSA) is 46.6 Å². The van der Waals surface area contributed by atoms with Crippen molar-refractivity contribution in [2.75, 3.05) is 13.1 Å². The van der Waals surface area contributed by atoms with E-state index in [-0.39, 0.29) is 11.8 Å². The molecule has 3 rings (SSSR count). The van der Waals surface area contributed by atoms with Gasteiger partial charge in [0.2, 0.25) is 0 Å². The molecule has 0 radical (unpaired) electrons. The SMILES string of the molecule is O=C1CCN2CCCCC2C1C(=O)Oc1ccccc1Cl. The van der Waals surface area contributed by atoms with Gasteiger partial charge < -0.3 is 4.74 Å². The number of rotatable bonds is 2. The molecule has 2 atom stereocenters. The molecule has 0 spiro atoms. The average Bonchev–Trinajstić information content (AvgIpc) is 2.49. The monoisotopic (exact) mass is 307 g/mol. The van der Waals surface area contributed by atoms with Crippen LogP contribution in [0.5, 0.6) is 5.75 Å². The highest BCUT2D eigenvalue weighted by molar-refractivity contribution is 6.32. The van der Waals surface area contributed by atoms with E-state index in [1.54, 1.807) is 24.3 Å². The summed E-state index contributed by atoms with van der Waals surface area (Å²) < 4.78 is 5.39. The Hall–Kier alpha value is -1.39. The standard InChI is InChI=1S/C16H18ClNO3/c17-11-5-1-2-7-14(11)21-16(20)15-12-6-3-4-9-18(12)10-8-13(15)19/h1-2,5,7,12,15H,3-4,6,8-10H2. The van der Waals surface area contributed by atoms with Crippen LogP contribution < -0.4 is 4.74 Å². The maximum atomic E-state index is 12.5. The number of carbonyl (C=O) groups is 2. The van der Waals surface area contributed by atoms with Crippen LogP contribution in [0.2, 0.25) is 5.02 Å². The molecule has 112 valence electrons. The number of ether oxygens (including phenoxy) is 1. The van der Waals surface area contributed by atoms with Crippen molar-refractivity contribution in [3.05, 3.63) is 29.3 Å². The smallest absolute Gasteiger partial charge is 0.323 e. The quantitative estimate of drug-likeness (QED) is 0.479. The molecule has 1 aromatic rings. The van der Waals surface area contributed by atoms with E-state index in [1.165, 1.54) is 0 Å². The molecule has 2 aliphatic heterocycles. The molecule has 4 nitrogen and oxygen atoms in total. The van der Waals surface area contributed by atoms with Gasteiger partial charge in [-0.3, -0.25) is 14.5 Å². The van der Waals surface area contributed by atoms with E-state index >= 15 is 0 Å². The van der Waals surface area contributed by atoms with Gasteiger partial charge in [-0.05, 0) is 31.5 Å². The van der Waals surface area contributed by atoms with Crippen molar-refractivity contribution < 1.29 is 14.3 Å². The molecule has 5 heteroatoms. The third kappa shape index (κ3) is 2.97. The van der Waals surface area contributed by atoms with E-state index in [0.717, 1.165) is 32.4 Å². The van der Waals surface area contributed by atoms with E-state index in [1.807, 2.05) is 0 Å². The number of nitrogens with zero attached hydrogens (tertiary/aromatic N) is 1. The first-order chi connectivity index (χ1) is 10.2. The van der Waals surface area contributed by atoms with Crippen LogP contribution in [0.3, 0.4) is 0 Å². The van der Waals surface area contributed by atoms with E-state index in [2.05, 4.69) is 4.90 Å². The van der Waals surface area contributed by atoms with E-state index in [9.17, 15) is 9.59 Å². The second-order valence-electron chi connectivity index (χ2n) is 5.64. The number of piperidine rings is 2. The normalized spacial score (nSPS) is 26.2. The van der Waals surface area contributed by atoms with Crippen molar-refractivity contribution in [3.63, 3.8) is 0 Å². The first-order valence-electron chi connectivity index (χ1n) is 7.40. The number of ketones is 1. The van der Waals surface area contributed by atoms with Gasteiger partial charge >= 0.3 is 5.97 Å². The molecule has 0 aromatic heterocycles. The van der Waals surface area contributed by atoms with Crippen molar-refractivity contribution in [2.24, 2.45) is 5.92 Å². The maximum Gasteiger partial charge on any atom is 0.323 e. The zero-order chi connectivity index (χ0) is 14.8. The summed E-state index contributed by atoms with van der Waals surface area (Å²) in [5.74, 6) is -0.819. The van der Waals surface area contributed by atoms with Gasteiger partial charge in [-0.25, -0.2) is 0 Å². The fourth-order valence-electron chi connectivity index (χ4n) is 3.28. The second-order valence-corrected chi connectivity index (χ2v) is 6.05. The minimum Gasteiger partial charge on any atom is -0.424 e. The Balaban J connectivity index is 1.78. The Morgan fingerprint density at radius 3 is 2.86 bits per heavy atom. The first-order valence-corrected chi connectivity index (χ1v) is 7.77.